The van der Waals surface area contributed by atoms with Crippen molar-refractivity contribution in [3.8, 4) is 0 Å². The van der Waals surface area contributed by atoms with Gasteiger partial charge in [-0.2, -0.15) is 0 Å². The van der Waals surface area contributed by atoms with E-state index in [2.05, 4.69) is 19.2 Å². The number of rotatable bonds is 6. The molecule has 5 heteroatoms. The molecule has 1 unspecified atom stereocenters. The first-order valence-electron chi connectivity index (χ1n) is 6.19. The molecule has 0 bridgehead atoms. The highest BCUT2D eigenvalue weighted by atomic mass is 35.5. The molecule has 0 fully saturated rings. The van der Waals surface area contributed by atoms with Crippen LogP contribution < -0.4 is 5.32 Å². The summed E-state index contributed by atoms with van der Waals surface area (Å²) >= 11 is 12.0. The Morgan fingerprint density at radius 3 is 2.63 bits per heavy atom. The van der Waals surface area contributed by atoms with Gasteiger partial charge in [0.25, 0.3) is 0 Å². The van der Waals surface area contributed by atoms with Crippen LogP contribution in [0.4, 0.5) is 0 Å². The summed E-state index contributed by atoms with van der Waals surface area (Å²) in [5, 5.41) is 4.42. The van der Waals surface area contributed by atoms with Gasteiger partial charge in [0.05, 0.1) is 7.11 Å². The Kier molecular flexibility index (Phi) is 6.63. The number of carbonyl (C=O) groups is 1. The van der Waals surface area contributed by atoms with E-state index in [1.165, 1.54) is 7.11 Å². The second-order valence-corrected chi connectivity index (χ2v) is 5.67. The van der Waals surface area contributed by atoms with Crippen molar-refractivity contribution in [1.82, 2.24) is 5.32 Å². The van der Waals surface area contributed by atoms with Crippen molar-refractivity contribution in [3.63, 3.8) is 0 Å². The fourth-order valence-electron chi connectivity index (χ4n) is 1.79. The molecule has 1 atom stereocenters. The van der Waals surface area contributed by atoms with Gasteiger partial charge >= 0.3 is 5.97 Å². The molecule has 0 spiro atoms. The molecule has 1 aromatic rings. The third kappa shape index (κ3) is 5.39. The van der Waals surface area contributed by atoms with Crippen LogP contribution in [-0.2, 0) is 16.1 Å². The van der Waals surface area contributed by atoms with E-state index >= 15 is 0 Å². The summed E-state index contributed by atoms with van der Waals surface area (Å²) in [4.78, 5) is 11.7. The first-order chi connectivity index (χ1) is 8.93. The van der Waals surface area contributed by atoms with Gasteiger partial charge in [-0.05, 0) is 36.1 Å². The average Bonchev–Trinajstić information content (AvgIpc) is 2.36. The van der Waals surface area contributed by atoms with Gasteiger partial charge in [-0.1, -0.05) is 37.0 Å². The van der Waals surface area contributed by atoms with Crippen LogP contribution in [0.5, 0.6) is 0 Å². The van der Waals surface area contributed by atoms with Crippen molar-refractivity contribution in [3.05, 3.63) is 33.8 Å². The summed E-state index contributed by atoms with van der Waals surface area (Å²) in [5.74, 6) is 0.137. The van der Waals surface area contributed by atoms with Crippen molar-refractivity contribution >= 4 is 29.2 Å². The highest BCUT2D eigenvalue weighted by Crippen LogP contribution is 2.20. The fourth-order valence-corrected chi connectivity index (χ4v) is 2.17. The Bertz CT molecular complexity index is 435. The van der Waals surface area contributed by atoms with Crippen LogP contribution >= 0.6 is 23.2 Å². The van der Waals surface area contributed by atoms with Gasteiger partial charge in [0, 0.05) is 16.6 Å². The summed E-state index contributed by atoms with van der Waals surface area (Å²) in [7, 11) is 1.39. The van der Waals surface area contributed by atoms with E-state index in [4.69, 9.17) is 27.9 Å². The van der Waals surface area contributed by atoms with Gasteiger partial charge in [0.2, 0.25) is 0 Å². The smallest absolute Gasteiger partial charge is 0.322 e. The van der Waals surface area contributed by atoms with E-state index < -0.39 is 0 Å². The zero-order valence-electron chi connectivity index (χ0n) is 11.4. The summed E-state index contributed by atoms with van der Waals surface area (Å²) < 4.78 is 4.80. The summed E-state index contributed by atoms with van der Waals surface area (Å²) in [6.45, 7) is 4.60. The predicted molar refractivity (Wildman–Crippen MR) is 78.6 cm³/mol. The first-order valence-corrected chi connectivity index (χ1v) is 6.94. The number of hydrogen-bond acceptors (Lipinski definition) is 3. The SMILES string of the molecule is COC(=O)C(CC(C)C)NCc1cc(Cl)ccc1Cl. The van der Waals surface area contributed by atoms with E-state index in [-0.39, 0.29) is 12.0 Å². The molecule has 1 N–H and O–H groups in total. The molecule has 0 aliphatic heterocycles. The van der Waals surface area contributed by atoms with E-state index in [9.17, 15) is 4.79 Å². The largest absolute Gasteiger partial charge is 0.468 e. The minimum absolute atomic E-state index is 0.258. The van der Waals surface area contributed by atoms with Gasteiger partial charge in [0.15, 0.2) is 0 Å². The third-order valence-electron chi connectivity index (χ3n) is 2.74. The van der Waals surface area contributed by atoms with Crippen LogP contribution in [0.3, 0.4) is 0 Å². The molecule has 0 saturated carbocycles. The summed E-state index contributed by atoms with van der Waals surface area (Å²) in [5.41, 5.74) is 0.867. The zero-order valence-corrected chi connectivity index (χ0v) is 12.9. The maximum absolute atomic E-state index is 11.7. The maximum Gasteiger partial charge on any atom is 0.322 e. The Morgan fingerprint density at radius 2 is 2.05 bits per heavy atom. The van der Waals surface area contributed by atoms with Gasteiger partial charge < -0.3 is 10.1 Å². The number of methoxy groups -OCH3 is 1. The summed E-state index contributed by atoms with van der Waals surface area (Å²) in [6.07, 6.45) is 0.713. The standard InChI is InChI=1S/C14H19Cl2NO2/c1-9(2)6-13(14(18)19-3)17-8-10-7-11(15)4-5-12(10)16/h4-5,7,9,13,17H,6,8H2,1-3H3. The molecule has 0 aliphatic carbocycles. The molecule has 3 nitrogen and oxygen atoms in total. The lowest BCUT2D eigenvalue weighted by molar-refractivity contribution is -0.143. The van der Waals surface area contributed by atoms with Crippen molar-refractivity contribution in [1.29, 1.82) is 0 Å². The maximum atomic E-state index is 11.7. The van der Waals surface area contributed by atoms with E-state index in [1.807, 2.05) is 0 Å². The highest BCUT2D eigenvalue weighted by Gasteiger charge is 2.20. The van der Waals surface area contributed by atoms with Crippen LogP contribution in [-0.4, -0.2) is 19.1 Å². The topological polar surface area (TPSA) is 38.3 Å². The van der Waals surface area contributed by atoms with Crippen LogP contribution in [0.25, 0.3) is 0 Å². The molecule has 0 amide bonds. The Hall–Kier alpha value is -0.770. The Labute approximate surface area is 124 Å². The molecule has 1 rings (SSSR count). The number of hydrogen-bond donors (Lipinski definition) is 1. The first kappa shape index (κ1) is 16.3. The molecule has 0 heterocycles. The number of carbonyl (C=O) groups excluding carboxylic acids is 1. The Morgan fingerprint density at radius 1 is 1.37 bits per heavy atom. The highest BCUT2D eigenvalue weighted by molar-refractivity contribution is 6.33. The lowest BCUT2D eigenvalue weighted by atomic mass is 10.0. The second-order valence-electron chi connectivity index (χ2n) is 4.82. The molecular formula is C14H19Cl2NO2. The molecule has 1 aromatic carbocycles. The number of halogens is 2. The van der Waals surface area contributed by atoms with Crippen LogP contribution in [0.15, 0.2) is 18.2 Å². The molecule has 106 valence electrons. The molecular weight excluding hydrogens is 285 g/mol. The zero-order chi connectivity index (χ0) is 14.4. The lowest BCUT2D eigenvalue weighted by Gasteiger charge is -2.18. The monoisotopic (exact) mass is 303 g/mol. The summed E-state index contributed by atoms with van der Waals surface area (Å²) in [6, 6.07) is 4.94. The molecule has 0 aliphatic rings. The minimum atomic E-state index is -0.333. The average molecular weight is 304 g/mol. The molecule has 0 radical (unpaired) electrons. The molecule has 19 heavy (non-hydrogen) atoms. The van der Waals surface area contributed by atoms with E-state index in [0.717, 1.165) is 5.56 Å². The minimum Gasteiger partial charge on any atom is -0.468 e. The van der Waals surface area contributed by atoms with Gasteiger partial charge in [-0.25, -0.2) is 0 Å². The van der Waals surface area contributed by atoms with Crippen LogP contribution in [0.1, 0.15) is 25.8 Å². The number of ether oxygens (including phenoxy) is 1. The van der Waals surface area contributed by atoms with Gasteiger partial charge in [0.1, 0.15) is 6.04 Å². The molecule has 0 saturated heterocycles. The second kappa shape index (κ2) is 7.73. The number of benzene rings is 1. The van der Waals surface area contributed by atoms with E-state index in [0.29, 0.717) is 28.9 Å². The van der Waals surface area contributed by atoms with Gasteiger partial charge in [-0.15, -0.1) is 0 Å². The fraction of sp³-hybridized carbons (Fsp3) is 0.500. The van der Waals surface area contributed by atoms with Crippen molar-refractivity contribution in [2.75, 3.05) is 7.11 Å². The van der Waals surface area contributed by atoms with Crippen molar-refractivity contribution < 1.29 is 9.53 Å². The molecule has 0 aromatic heterocycles. The Balaban J connectivity index is 2.70. The number of esters is 1. The van der Waals surface area contributed by atoms with E-state index in [1.54, 1.807) is 18.2 Å². The van der Waals surface area contributed by atoms with Crippen LogP contribution in [0.2, 0.25) is 10.0 Å². The number of nitrogens with one attached hydrogen (secondary N) is 1. The van der Waals surface area contributed by atoms with Crippen molar-refractivity contribution in [2.45, 2.75) is 32.9 Å². The van der Waals surface area contributed by atoms with Gasteiger partial charge in [-0.3, -0.25) is 4.79 Å². The quantitative estimate of drug-likeness (QED) is 0.815. The normalized spacial score (nSPS) is 12.5. The predicted octanol–water partition coefficient (Wildman–Crippen LogP) is 3.67. The third-order valence-corrected chi connectivity index (χ3v) is 3.34. The lowest BCUT2D eigenvalue weighted by Crippen LogP contribution is -2.38. The van der Waals surface area contributed by atoms with Crippen molar-refractivity contribution in [2.24, 2.45) is 5.92 Å². The van der Waals surface area contributed by atoms with Crippen LogP contribution in [0, 0.1) is 5.92 Å².